The molecule has 0 fully saturated rings. The third kappa shape index (κ3) is 3.20. The van der Waals surface area contributed by atoms with Gasteiger partial charge in [0.1, 0.15) is 6.54 Å². The van der Waals surface area contributed by atoms with Crippen molar-refractivity contribution in [2.24, 2.45) is 0 Å². The summed E-state index contributed by atoms with van der Waals surface area (Å²) in [7, 11) is 0. The molecule has 0 spiro atoms. The second kappa shape index (κ2) is 7.62. The van der Waals surface area contributed by atoms with Crippen LogP contribution in [0.4, 0.5) is 0 Å². The van der Waals surface area contributed by atoms with Gasteiger partial charge in [0.15, 0.2) is 11.5 Å². The second-order valence-corrected chi connectivity index (χ2v) is 7.46. The molecule has 0 aliphatic heterocycles. The summed E-state index contributed by atoms with van der Waals surface area (Å²) in [4.78, 5) is 25.9. The summed E-state index contributed by atoms with van der Waals surface area (Å²) in [6.45, 7) is 0.193. The van der Waals surface area contributed by atoms with Crippen molar-refractivity contribution in [2.45, 2.75) is 38.8 Å². The largest absolute Gasteiger partial charge is 0.347 e. The first-order valence-corrected chi connectivity index (χ1v) is 10.2. The summed E-state index contributed by atoms with van der Waals surface area (Å²) < 4.78 is 5.13. The van der Waals surface area contributed by atoms with Crippen LogP contribution in [0.2, 0.25) is 0 Å². The third-order valence-corrected chi connectivity index (χ3v) is 5.52. The van der Waals surface area contributed by atoms with Gasteiger partial charge in [0.2, 0.25) is 5.91 Å². The van der Waals surface area contributed by atoms with Crippen LogP contribution in [0, 0.1) is 0 Å². The molecule has 3 heterocycles. The molecule has 1 N–H and O–H groups in total. The average molecular weight is 402 g/mol. The van der Waals surface area contributed by atoms with Crippen LogP contribution in [0.3, 0.4) is 0 Å². The fourth-order valence-corrected chi connectivity index (χ4v) is 4.05. The van der Waals surface area contributed by atoms with E-state index in [-0.39, 0.29) is 24.7 Å². The van der Waals surface area contributed by atoms with Crippen LogP contribution >= 0.6 is 0 Å². The summed E-state index contributed by atoms with van der Waals surface area (Å²) in [5, 5.41) is 11.1. The Labute approximate surface area is 172 Å². The van der Waals surface area contributed by atoms with Gasteiger partial charge in [0.25, 0.3) is 0 Å². The highest BCUT2D eigenvalue weighted by Gasteiger charge is 2.19. The van der Waals surface area contributed by atoms with Gasteiger partial charge in [-0.25, -0.2) is 4.79 Å². The molecular formula is C22H22N6O2. The van der Waals surface area contributed by atoms with Gasteiger partial charge in [-0.05, 0) is 49.9 Å². The minimum absolute atomic E-state index is 0.0453. The number of benzene rings is 1. The van der Waals surface area contributed by atoms with E-state index in [0.29, 0.717) is 5.82 Å². The normalized spacial score (nSPS) is 14.2. The number of carbonyl (C=O) groups is 1. The molecule has 0 atom stereocenters. The molecule has 1 aliphatic rings. The number of amides is 1. The van der Waals surface area contributed by atoms with Crippen molar-refractivity contribution in [2.75, 3.05) is 0 Å². The minimum Gasteiger partial charge on any atom is -0.347 e. The number of nitrogens with zero attached hydrogens (tertiary/aromatic N) is 5. The molecule has 1 aromatic carbocycles. The smallest absolute Gasteiger partial charge is 0.333 e. The number of hydrogen-bond donors (Lipinski definition) is 1. The van der Waals surface area contributed by atoms with Crippen molar-refractivity contribution in [3.05, 3.63) is 71.0 Å². The van der Waals surface area contributed by atoms with Gasteiger partial charge in [0, 0.05) is 11.9 Å². The van der Waals surface area contributed by atoms with Crippen molar-refractivity contribution in [1.29, 1.82) is 0 Å². The molecule has 3 aromatic heterocycles. The van der Waals surface area contributed by atoms with Crippen LogP contribution in [0.5, 0.6) is 0 Å². The molecule has 4 aromatic rings. The van der Waals surface area contributed by atoms with Crippen molar-refractivity contribution < 1.29 is 4.79 Å². The molecule has 30 heavy (non-hydrogen) atoms. The molecule has 8 nitrogen and oxygen atoms in total. The Kier molecular flexibility index (Phi) is 4.66. The molecule has 5 rings (SSSR count). The fraction of sp³-hybridized carbons (Fsp3) is 0.273. The predicted octanol–water partition coefficient (Wildman–Crippen LogP) is 2.58. The van der Waals surface area contributed by atoms with E-state index in [1.165, 1.54) is 0 Å². The standard InChI is InChI=1S/C22H22N6O2/c29-21(23-14-20-25-24-19-12-6-7-13-26(19)20)15-27-17-10-4-5-11-18(17)28(22(27)30)16-8-2-1-3-9-16/h4-8,10-13H,1-3,9,14-15H2,(H,23,29). The maximum absolute atomic E-state index is 13.2. The molecule has 1 amide bonds. The van der Waals surface area contributed by atoms with Gasteiger partial charge in [-0.3, -0.25) is 18.3 Å². The van der Waals surface area contributed by atoms with Gasteiger partial charge in [-0.15, -0.1) is 10.2 Å². The van der Waals surface area contributed by atoms with Gasteiger partial charge >= 0.3 is 5.69 Å². The number of allylic oxidation sites excluding steroid dienone is 2. The SMILES string of the molecule is O=C(Cn1c(=O)n(C2=CCCCC2)c2ccccc21)NCc1nnc2ccccn12. The number of carbonyl (C=O) groups excluding carboxylic acids is 1. The number of nitrogens with one attached hydrogen (secondary N) is 1. The first-order valence-electron chi connectivity index (χ1n) is 10.2. The summed E-state index contributed by atoms with van der Waals surface area (Å²) in [5.74, 6) is 0.395. The number of para-hydroxylation sites is 2. The zero-order valence-electron chi connectivity index (χ0n) is 16.5. The van der Waals surface area contributed by atoms with E-state index in [0.717, 1.165) is 48.1 Å². The van der Waals surface area contributed by atoms with Crippen LogP contribution in [-0.2, 0) is 17.9 Å². The third-order valence-electron chi connectivity index (χ3n) is 5.52. The van der Waals surface area contributed by atoms with E-state index in [4.69, 9.17) is 0 Å². The Morgan fingerprint density at radius 1 is 1.03 bits per heavy atom. The number of rotatable bonds is 5. The van der Waals surface area contributed by atoms with Crippen molar-refractivity contribution >= 4 is 28.3 Å². The minimum atomic E-state index is -0.245. The number of imidazole rings is 1. The van der Waals surface area contributed by atoms with Crippen molar-refractivity contribution in [3.8, 4) is 0 Å². The zero-order chi connectivity index (χ0) is 20.5. The number of pyridine rings is 1. The molecule has 0 radical (unpaired) electrons. The van der Waals surface area contributed by atoms with Crippen molar-refractivity contribution in [3.63, 3.8) is 0 Å². The van der Waals surface area contributed by atoms with Crippen LogP contribution < -0.4 is 11.0 Å². The average Bonchev–Trinajstić information content (AvgIpc) is 3.32. The first-order chi connectivity index (χ1) is 14.7. The van der Waals surface area contributed by atoms with Crippen LogP contribution in [-0.4, -0.2) is 29.6 Å². The van der Waals surface area contributed by atoms with Gasteiger partial charge < -0.3 is 5.32 Å². The Bertz CT molecular complexity index is 1330. The highest BCUT2D eigenvalue weighted by atomic mass is 16.2. The van der Waals surface area contributed by atoms with Crippen LogP contribution in [0.1, 0.15) is 31.5 Å². The lowest BCUT2D eigenvalue weighted by Gasteiger charge is -2.13. The van der Waals surface area contributed by atoms with E-state index in [1.54, 1.807) is 9.13 Å². The monoisotopic (exact) mass is 402 g/mol. The molecule has 0 unspecified atom stereocenters. The Morgan fingerprint density at radius 2 is 1.87 bits per heavy atom. The molecule has 0 saturated carbocycles. The van der Waals surface area contributed by atoms with E-state index < -0.39 is 0 Å². The second-order valence-electron chi connectivity index (χ2n) is 7.46. The van der Waals surface area contributed by atoms with E-state index in [2.05, 4.69) is 21.6 Å². The quantitative estimate of drug-likeness (QED) is 0.556. The topological polar surface area (TPSA) is 86.2 Å². The first kappa shape index (κ1) is 18.4. The molecule has 1 aliphatic carbocycles. The van der Waals surface area contributed by atoms with Crippen LogP contribution in [0.25, 0.3) is 22.4 Å². The summed E-state index contributed by atoms with van der Waals surface area (Å²) >= 11 is 0. The lowest BCUT2D eigenvalue weighted by molar-refractivity contribution is -0.121. The Balaban J connectivity index is 1.41. The molecule has 0 bridgehead atoms. The maximum atomic E-state index is 13.2. The zero-order valence-corrected chi connectivity index (χ0v) is 16.5. The number of aromatic nitrogens is 5. The fourth-order valence-electron chi connectivity index (χ4n) is 4.05. The van der Waals surface area contributed by atoms with Gasteiger partial charge in [0.05, 0.1) is 17.6 Å². The lowest BCUT2D eigenvalue weighted by atomic mass is 10.0. The highest BCUT2D eigenvalue weighted by Crippen LogP contribution is 2.24. The van der Waals surface area contributed by atoms with Gasteiger partial charge in [-0.2, -0.15) is 0 Å². The van der Waals surface area contributed by atoms with Crippen LogP contribution in [0.15, 0.2) is 59.5 Å². The molecule has 152 valence electrons. The van der Waals surface area contributed by atoms with E-state index in [1.807, 2.05) is 53.1 Å². The van der Waals surface area contributed by atoms with Crippen molar-refractivity contribution in [1.82, 2.24) is 29.0 Å². The summed E-state index contributed by atoms with van der Waals surface area (Å²) in [6, 6.07) is 13.2. The lowest BCUT2D eigenvalue weighted by Crippen LogP contribution is -2.33. The molecular weight excluding hydrogens is 380 g/mol. The highest BCUT2D eigenvalue weighted by molar-refractivity contribution is 5.83. The molecule has 0 saturated heterocycles. The summed E-state index contributed by atoms with van der Waals surface area (Å²) in [5.41, 5.74) is 3.18. The Hall–Kier alpha value is -3.68. The molecule has 8 heteroatoms. The van der Waals surface area contributed by atoms with E-state index >= 15 is 0 Å². The number of fused-ring (bicyclic) bond motifs is 2. The Morgan fingerprint density at radius 3 is 2.70 bits per heavy atom. The number of hydrogen-bond acceptors (Lipinski definition) is 4. The summed E-state index contributed by atoms with van der Waals surface area (Å²) in [6.07, 6.45) is 8.07. The maximum Gasteiger partial charge on any atom is 0.333 e. The predicted molar refractivity (Wildman–Crippen MR) is 114 cm³/mol. The van der Waals surface area contributed by atoms with E-state index in [9.17, 15) is 9.59 Å². The van der Waals surface area contributed by atoms with Gasteiger partial charge in [-0.1, -0.05) is 24.3 Å².